The van der Waals surface area contributed by atoms with E-state index in [9.17, 15) is 4.79 Å². The van der Waals surface area contributed by atoms with Gasteiger partial charge in [0.05, 0.1) is 15.9 Å². The highest BCUT2D eigenvalue weighted by molar-refractivity contribution is 9.11. The van der Waals surface area contributed by atoms with Gasteiger partial charge in [-0.25, -0.2) is 4.98 Å². The number of hydrogen-bond donors (Lipinski definition) is 1. The Morgan fingerprint density at radius 2 is 2.04 bits per heavy atom. The van der Waals surface area contributed by atoms with E-state index in [1.807, 2.05) is 36.4 Å². The lowest BCUT2D eigenvalue weighted by Gasteiger charge is -2.07. The van der Waals surface area contributed by atoms with Crippen LogP contribution in [0.4, 0.5) is 5.69 Å². The fraction of sp³-hybridized carbons (Fsp3) is 0.176. The molecule has 0 fully saturated rings. The van der Waals surface area contributed by atoms with Crippen LogP contribution in [0.3, 0.4) is 0 Å². The second kappa shape index (κ2) is 8.47. The first-order valence-corrected chi connectivity index (χ1v) is 10.7. The van der Waals surface area contributed by atoms with Crippen LogP contribution in [0.1, 0.15) is 12.8 Å². The normalized spacial score (nSPS) is 10.9. The first-order chi connectivity index (χ1) is 11.6. The van der Waals surface area contributed by atoms with Gasteiger partial charge in [-0.3, -0.25) is 4.79 Å². The highest BCUT2D eigenvalue weighted by atomic mass is 79.9. The molecule has 1 N–H and O–H groups in total. The Kier molecular flexibility index (Phi) is 6.32. The van der Waals surface area contributed by atoms with Crippen LogP contribution < -0.4 is 5.32 Å². The van der Waals surface area contributed by atoms with Gasteiger partial charge in [0, 0.05) is 21.1 Å². The summed E-state index contributed by atoms with van der Waals surface area (Å²) in [4.78, 5) is 16.6. The number of thiazole rings is 1. The maximum atomic E-state index is 12.0. The molecule has 1 aromatic heterocycles. The second-order valence-corrected chi connectivity index (χ2v) is 9.21. The number of para-hydroxylation sites is 1. The van der Waals surface area contributed by atoms with Gasteiger partial charge in [0.25, 0.3) is 0 Å². The molecule has 7 heteroatoms. The summed E-state index contributed by atoms with van der Waals surface area (Å²) >= 11 is 10.3. The predicted octanol–water partition coefficient (Wildman–Crippen LogP) is 6.33. The molecule has 0 bridgehead atoms. The van der Waals surface area contributed by atoms with Crippen LogP contribution in [0, 0.1) is 0 Å². The number of nitrogens with zero attached hydrogens (tertiary/aromatic N) is 1. The average molecular weight is 486 g/mol. The van der Waals surface area contributed by atoms with Crippen LogP contribution in [0.25, 0.3) is 10.2 Å². The van der Waals surface area contributed by atoms with E-state index in [0.29, 0.717) is 6.42 Å². The van der Waals surface area contributed by atoms with Crippen LogP contribution in [0.2, 0.25) is 0 Å². The Balaban J connectivity index is 1.45. The van der Waals surface area contributed by atoms with E-state index < -0.39 is 0 Å². The summed E-state index contributed by atoms with van der Waals surface area (Å²) in [6.07, 6.45) is 1.32. The molecule has 1 amide bonds. The van der Waals surface area contributed by atoms with Crippen molar-refractivity contribution in [2.45, 2.75) is 17.2 Å². The number of thioether (sulfide) groups is 1. The van der Waals surface area contributed by atoms with E-state index >= 15 is 0 Å². The Bertz CT molecular complexity index is 834. The molecule has 0 aliphatic carbocycles. The van der Waals surface area contributed by atoms with Crippen molar-refractivity contribution in [1.82, 2.24) is 4.98 Å². The van der Waals surface area contributed by atoms with Crippen LogP contribution in [0.5, 0.6) is 0 Å². The zero-order chi connectivity index (χ0) is 16.9. The van der Waals surface area contributed by atoms with Gasteiger partial charge in [-0.2, -0.15) is 0 Å². The summed E-state index contributed by atoms with van der Waals surface area (Å²) in [7, 11) is 0. The number of hydrogen-bond acceptors (Lipinski definition) is 4. The number of nitrogens with one attached hydrogen (secondary N) is 1. The monoisotopic (exact) mass is 484 g/mol. The third-order valence-electron chi connectivity index (χ3n) is 3.25. The van der Waals surface area contributed by atoms with Gasteiger partial charge in [-0.05, 0) is 52.7 Å². The molecule has 0 saturated heterocycles. The molecule has 0 aliphatic rings. The lowest BCUT2D eigenvalue weighted by atomic mass is 10.3. The molecule has 0 aliphatic heterocycles. The molecule has 0 radical (unpaired) electrons. The Hall–Kier alpha value is -0.890. The molecule has 0 spiro atoms. The van der Waals surface area contributed by atoms with E-state index in [-0.39, 0.29) is 5.91 Å². The quantitative estimate of drug-likeness (QED) is 0.327. The van der Waals surface area contributed by atoms with Crippen LogP contribution in [0.15, 0.2) is 55.7 Å². The molecule has 3 nitrogen and oxygen atoms in total. The first kappa shape index (κ1) is 17.9. The summed E-state index contributed by atoms with van der Waals surface area (Å²) in [6.45, 7) is 0. The van der Waals surface area contributed by atoms with Gasteiger partial charge < -0.3 is 5.32 Å². The van der Waals surface area contributed by atoms with Gasteiger partial charge >= 0.3 is 0 Å². The Labute approximate surface area is 165 Å². The van der Waals surface area contributed by atoms with Crippen molar-refractivity contribution in [3.63, 3.8) is 0 Å². The number of amides is 1. The number of carbonyl (C=O) groups is 1. The molecule has 0 atom stereocenters. The van der Waals surface area contributed by atoms with Crippen molar-refractivity contribution < 1.29 is 4.79 Å². The molecule has 2 aromatic carbocycles. The number of halogens is 2. The topological polar surface area (TPSA) is 42.0 Å². The third kappa shape index (κ3) is 4.81. The highest BCUT2D eigenvalue weighted by Gasteiger charge is 2.07. The van der Waals surface area contributed by atoms with Crippen molar-refractivity contribution in [3.8, 4) is 0 Å². The lowest BCUT2D eigenvalue weighted by Crippen LogP contribution is -2.11. The summed E-state index contributed by atoms with van der Waals surface area (Å²) in [5.41, 5.74) is 1.84. The smallest absolute Gasteiger partial charge is 0.224 e. The highest BCUT2D eigenvalue weighted by Crippen LogP contribution is 2.30. The van der Waals surface area contributed by atoms with E-state index in [2.05, 4.69) is 48.2 Å². The van der Waals surface area contributed by atoms with Crippen LogP contribution >= 0.6 is 55.0 Å². The molecule has 3 aromatic rings. The number of fused-ring (bicyclic) bond motifs is 1. The fourth-order valence-corrected chi connectivity index (χ4v) is 5.33. The van der Waals surface area contributed by atoms with E-state index in [4.69, 9.17) is 0 Å². The van der Waals surface area contributed by atoms with E-state index in [0.717, 1.165) is 36.7 Å². The number of aromatic nitrogens is 1. The first-order valence-electron chi connectivity index (χ1n) is 7.35. The molecule has 0 unspecified atom stereocenters. The van der Waals surface area contributed by atoms with Gasteiger partial charge in [-0.15, -0.1) is 11.3 Å². The predicted molar refractivity (Wildman–Crippen MR) is 110 cm³/mol. The molecule has 1 heterocycles. The van der Waals surface area contributed by atoms with E-state index in [1.165, 1.54) is 4.70 Å². The Morgan fingerprint density at radius 1 is 1.21 bits per heavy atom. The van der Waals surface area contributed by atoms with Crippen LogP contribution in [-0.4, -0.2) is 16.6 Å². The van der Waals surface area contributed by atoms with Crippen molar-refractivity contribution in [2.75, 3.05) is 11.1 Å². The molecule has 0 saturated carbocycles. The number of anilines is 1. The third-order valence-corrected chi connectivity index (χ3v) is 6.67. The molecular formula is C17H14Br2N2OS2. The summed E-state index contributed by atoms with van der Waals surface area (Å²) in [6, 6.07) is 13.8. The van der Waals surface area contributed by atoms with Gasteiger partial charge in [0.1, 0.15) is 0 Å². The minimum absolute atomic E-state index is 0.0305. The van der Waals surface area contributed by atoms with Crippen molar-refractivity contribution >= 4 is 76.8 Å². The van der Waals surface area contributed by atoms with Gasteiger partial charge in [0.2, 0.25) is 5.91 Å². The zero-order valence-corrected chi connectivity index (χ0v) is 17.4. The minimum atomic E-state index is 0.0305. The van der Waals surface area contributed by atoms with Crippen molar-refractivity contribution in [1.29, 1.82) is 0 Å². The Morgan fingerprint density at radius 3 is 2.83 bits per heavy atom. The van der Waals surface area contributed by atoms with Gasteiger partial charge in [0.15, 0.2) is 4.34 Å². The van der Waals surface area contributed by atoms with Crippen molar-refractivity contribution in [3.05, 3.63) is 51.4 Å². The van der Waals surface area contributed by atoms with Crippen LogP contribution in [-0.2, 0) is 4.79 Å². The summed E-state index contributed by atoms with van der Waals surface area (Å²) in [5.74, 6) is 0.914. The number of carbonyl (C=O) groups excluding carboxylic acids is 1. The lowest BCUT2D eigenvalue weighted by molar-refractivity contribution is -0.116. The second-order valence-electron chi connectivity index (χ2n) is 5.07. The summed E-state index contributed by atoms with van der Waals surface area (Å²) < 4.78 is 4.11. The number of rotatable bonds is 6. The number of benzene rings is 2. The zero-order valence-electron chi connectivity index (χ0n) is 12.6. The maximum absolute atomic E-state index is 12.0. The molecule has 24 heavy (non-hydrogen) atoms. The van der Waals surface area contributed by atoms with Crippen molar-refractivity contribution in [2.24, 2.45) is 0 Å². The minimum Gasteiger partial charge on any atom is -0.325 e. The van der Waals surface area contributed by atoms with E-state index in [1.54, 1.807) is 23.1 Å². The summed E-state index contributed by atoms with van der Waals surface area (Å²) in [5, 5.41) is 2.93. The largest absolute Gasteiger partial charge is 0.325 e. The maximum Gasteiger partial charge on any atom is 0.224 e. The molecule has 3 rings (SSSR count). The standard InChI is InChI=1S/C17H14Br2N2OS2/c18-11-7-8-13(12(19)10-11)20-16(22)6-3-9-23-17-21-14-4-1-2-5-15(14)24-17/h1-2,4-5,7-8,10H,3,6,9H2,(H,20,22). The molecular weight excluding hydrogens is 472 g/mol. The van der Waals surface area contributed by atoms with Gasteiger partial charge in [-0.1, -0.05) is 39.8 Å². The fourth-order valence-electron chi connectivity index (χ4n) is 2.11. The SMILES string of the molecule is O=C(CCCSc1nc2ccccc2s1)Nc1ccc(Br)cc1Br. The average Bonchev–Trinajstić information content (AvgIpc) is 2.97. The molecule has 124 valence electrons.